The number of likely N-dealkylation sites (N-methyl/N-ethyl adjacent to an activating group) is 1. The number of hydrogen-bond donors (Lipinski definition) is 0. The van der Waals surface area contributed by atoms with Crippen LogP contribution in [0.1, 0.15) is 5.56 Å². The number of rotatable bonds is 2. The molecule has 0 atom stereocenters. The van der Waals surface area contributed by atoms with E-state index < -0.39 is 0 Å². The maximum absolute atomic E-state index is 12.0. The van der Waals surface area contributed by atoms with Crippen molar-refractivity contribution >= 4 is 28.5 Å². The first-order valence-corrected chi connectivity index (χ1v) is 6.36. The molecule has 1 aliphatic rings. The maximum Gasteiger partial charge on any atom is 0.312 e. The summed E-state index contributed by atoms with van der Waals surface area (Å²) in [4.78, 5) is 13.8. The zero-order valence-corrected chi connectivity index (χ0v) is 11.4. The lowest BCUT2D eigenvalue weighted by molar-refractivity contribution is -0.119. The van der Waals surface area contributed by atoms with E-state index in [4.69, 9.17) is 0 Å². The van der Waals surface area contributed by atoms with Crippen LogP contribution in [0.15, 0.2) is 53.3 Å². The Labute approximate surface area is 117 Å². The molecule has 1 heterocycles. The van der Waals surface area contributed by atoms with Gasteiger partial charge in [-0.15, -0.1) is 5.43 Å². The average Bonchev–Trinajstić information content (AvgIpc) is 2.46. The van der Waals surface area contributed by atoms with E-state index in [0.717, 1.165) is 21.9 Å². The van der Waals surface area contributed by atoms with E-state index in [1.165, 1.54) is 0 Å². The van der Waals surface area contributed by atoms with Crippen molar-refractivity contribution < 1.29 is 4.79 Å². The number of nitrogens with zero attached hydrogens (tertiary/aromatic N) is 3. The number of benzene rings is 2. The predicted octanol–water partition coefficient (Wildman–Crippen LogP) is 2.24. The molecule has 0 spiro atoms. The minimum absolute atomic E-state index is 0.305. The van der Waals surface area contributed by atoms with E-state index in [1.54, 1.807) is 11.1 Å². The summed E-state index contributed by atoms with van der Waals surface area (Å²) in [6, 6.07) is 14.2. The van der Waals surface area contributed by atoms with Crippen molar-refractivity contribution in [3.05, 3.63) is 53.7 Å². The Morgan fingerprint density at radius 3 is 2.55 bits per heavy atom. The zero-order valence-electron chi connectivity index (χ0n) is 11.4. The fraction of sp³-hybridized carbons (Fsp3) is 0.125. The summed E-state index contributed by atoms with van der Waals surface area (Å²) in [5.74, 6) is -0.305. The van der Waals surface area contributed by atoms with E-state index >= 15 is 0 Å². The molecule has 0 saturated heterocycles. The van der Waals surface area contributed by atoms with Gasteiger partial charge < -0.3 is 4.90 Å². The first-order valence-electron chi connectivity index (χ1n) is 6.36. The fourth-order valence-electron chi connectivity index (χ4n) is 2.45. The van der Waals surface area contributed by atoms with Crippen LogP contribution in [-0.4, -0.2) is 31.1 Å². The summed E-state index contributed by atoms with van der Waals surface area (Å²) >= 11 is 0. The lowest BCUT2D eigenvalue weighted by Gasteiger charge is -2.21. The Hall–Kier alpha value is -2.62. The third-order valence-electron chi connectivity index (χ3n) is 3.32. The van der Waals surface area contributed by atoms with Gasteiger partial charge in [0.05, 0.1) is 6.21 Å². The smallest absolute Gasteiger partial charge is 0.312 e. The van der Waals surface area contributed by atoms with Crippen molar-refractivity contribution in [3.8, 4) is 0 Å². The molecule has 0 aliphatic carbocycles. The lowest BCUT2D eigenvalue weighted by Crippen LogP contribution is -2.28. The molecular weight excluding hydrogens is 250 g/mol. The van der Waals surface area contributed by atoms with Crippen LogP contribution >= 0.6 is 0 Å². The van der Waals surface area contributed by atoms with Crippen LogP contribution in [-0.2, 0) is 4.79 Å². The van der Waals surface area contributed by atoms with E-state index in [-0.39, 0.29) is 5.91 Å². The highest BCUT2D eigenvalue weighted by Gasteiger charge is 2.23. The van der Waals surface area contributed by atoms with Crippen LogP contribution in [0.2, 0.25) is 0 Å². The van der Waals surface area contributed by atoms with Crippen LogP contribution in [0.4, 0.5) is 0 Å². The van der Waals surface area contributed by atoms with Crippen molar-refractivity contribution in [1.29, 1.82) is 0 Å². The predicted molar refractivity (Wildman–Crippen MR) is 80.2 cm³/mol. The van der Waals surface area contributed by atoms with Crippen molar-refractivity contribution in [2.75, 3.05) is 14.1 Å². The van der Waals surface area contributed by atoms with Crippen LogP contribution in [0, 0.1) is 0 Å². The molecule has 0 fully saturated rings. The van der Waals surface area contributed by atoms with Gasteiger partial charge in [-0.25, -0.2) is 0 Å². The summed E-state index contributed by atoms with van der Waals surface area (Å²) in [5.41, 5.74) is 6.00. The number of fused-ring (bicyclic) bond motifs is 1. The van der Waals surface area contributed by atoms with Gasteiger partial charge in [0.15, 0.2) is 0 Å². The fourth-order valence-corrected chi connectivity index (χ4v) is 2.45. The second kappa shape index (κ2) is 4.81. The van der Waals surface area contributed by atoms with Gasteiger partial charge in [0, 0.05) is 19.7 Å². The molecule has 99 valence electrons. The van der Waals surface area contributed by atoms with Gasteiger partial charge in [-0.3, -0.25) is 4.79 Å². The van der Waals surface area contributed by atoms with Crippen LogP contribution in [0.3, 0.4) is 0 Å². The highest BCUT2D eigenvalue weighted by molar-refractivity contribution is 6.23. The third-order valence-corrected chi connectivity index (χ3v) is 3.32. The Morgan fingerprint density at radius 1 is 1.00 bits per heavy atom. The molecule has 3 rings (SSSR count). The second-order valence-electron chi connectivity index (χ2n) is 4.83. The van der Waals surface area contributed by atoms with Gasteiger partial charge in [0.2, 0.25) is 0 Å². The largest absolute Gasteiger partial charge is 0.373 e. The third kappa shape index (κ3) is 1.95. The first kappa shape index (κ1) is 12.4. The number of hydrogen-bond acceptors (Lipinski definition) is 3. The minimum atomic E-state index is -0.305. The van der Waals surface area contributed by atoms with Crippen molar-refractivity contribution in [2.45, 2.75) is 0 Å². The molecule has 0 saturated carbocycles. The molecule has 2 aromatic carbocycles. The van der Waals surface area contributed by atoms with E-state index in [0.29, 0.717) is 5.70 Å². The number of carbonyl (C=O) groups excluding carboxylic acids is 1. The number of allylic oxidation sites excluding steroid dienone is 1. The van der Waals surface area contributed by atoms with Crippen LogP contribution in [0.25, 0.3) is 16.3 Å². The molecule has 0 aromatic heterocycles. The minimum Gasteiger partial charge on any atom is -0.373 e. The topological polar surface area (TPSA) is 46.8 Å². The standard InChI is InChI=1S/C16H14N3O/c1-19(2)15-14(10-17-18-16(15)20)13-9-5-7-11-6-3-4-8-12(11)13/h3-10H,1-2H3. The quantitative estimate of drug-likeness (QED) is 0.835. The molecule has 0 N–H and O–H groups in total. The molecule has 1 radical (unpaired) electrons. The lowest BCUT2D eigenvalue weighted by atomic mass is 9.96. The van der Waals surface area contributed by atoms with E-state index in [2.05, 4.69) is 28.7 Å². The summed E-state index contributed by atoms with van der Waals surface area (Å²) in [5, 5.41) is 6.06. The summed E-state index contributed by atoms with van der Waals surface area (Å²) in [6.07, 6.45) is 1.65. The molecule has 4 heteroatoms. The monoisotopic (exact) mass is 264 g/mol. The van der Waals surface area contributed by atoms with Crippen LogP contribution < -0.4 is 5.43 Å². The van der Waals surface area contributed by atoms with Gasteiger partial charge in [0.1, 0.15) is 5.70 Å². The second-order valence-corrected chi connectivity index (χ2v) is 4.83. The van der Waals surface area contributed by atoms with Gasteiger partial charge in [0.25, 0.3) is 0 Å². The molecule has 2 aromatic rings. The first-order chi connectivity index (χ1) is 9.68. The molecule has 0 unspecified atom stereocenters. The van der Waals surface area contributed by atoms with Gasteiger partial charge >= 0.3 is 5.91 Å². The van der Waals surface area contributed by atoms with Crippen molar-refractivity contribution in [1.82, 2.24) is 10.3 Å². The molecule has 20 heavy (non-hydrogen) atoms. The Balaban J connectivity index is 2.31. The highest BCUT2D eigenvalue weighted by atomic mass is 16.2. The Morgan fingerprint density at radius 2 is 1.75 bits per heavy atom. The number of amides is 1. The van der Waals surface area contributed by atoms with Crippen LogP contribution in [0.5, 0.6) is 0 Å². The Kier molecular flexibility index (Phi) is 2.99. The Bertz CT molecular complexity index is 739. The van der Waals surface area contributed by atoms with E-state index in [1.807, 2.05) is 38.4 Å². The number of carbonyl (C=O) groups is 1. The highest BCUT2D eigenvalue weighted by Crippen LogP contribution is 2.28. The SMILES string of the molecule is CN(C)C1=C(c2cccc3ccccc23)C=N[N]C1=O. The van der Waals surface area contributed by atoms with Gasteiger partial charge in [-0.2, -0.15) is 5.10 Å². The van der Waals surface area contributed by atoms with E-state index in [9.17, 15) is 4.79 Å². The van der Waals surface area contributed by atoms with Crippen molar-refractivity contribution in [2.24, 2.45) is 5.10 Å². The maximum atomic E-state index is 12.0. The molecule has 1 aliphatic heterocycles. The summed E-state index contributed by atoms with van der Waals surface area (Å²) < 4.78 is 0. The molecule has 1 amide bonds. The normalized spacial score (nSPS) is 14.6. The molecule has 0 bridgehead atoms. The van der Waals surface area contributed by atoms with Gasteiger partial charge in [-0.1, -0.05) is 42.5 Å². The molecule has 4 nitrogen and oxygen atoms in total. The molecular formula is C16H14N3O. The van der Waals surface area contributed by atoms with Crippen molar-refractivity contribution in [3.63, 3.8) is 0 Å². The summed E-state index contributed by atoms with van der Waals surface area (Å²) in [7, 11) is 3.68. The average molecular weight is 264 g/mol. The zero-order chi connectivity index (χ0) is 14.1. The van der Waals surface area contributed by atoms with Gasteiger partial charge in [-0.05, 0) is 16.3 Å². The summed E-state index contributed by atoms with van der Waals surface area (Å²) in [6.45, 7) is 0.